The van der Waals surface area contributed by atoms with Crippen LogP contribution >= 0.6 is 0 Å². The molecule has 0 fully saturated rings. The van der Waals surface area contributed by atoms with Crippen molar-refractivity contribution in [2.75, 3.05) is 24.2 Å². The average Bonchev–Trinajstić information content (AvgIpc) is 2.27. The van der Waals surface area contributed by atoms with Crippen molar-refractivity contribution in [3.05, 3.63) is 23.8 Å². The molecular weight excluding hydrogens is 222 g/mol. The fourth-order valence-electron chi connectivity index (χ4n) is 1.22. The van der Waals surface area contributed by atoms with Gasteiger partial charge < -0.3 is 27.0 Å². The topological polar surface area (TPSA) is 122 Å². The molecule has 94 valence electrons. The van der Waals surface area contributed by atoms with Crippen molar-refractivity contribution < 1.29 is 15.0 Å². The molecule has 0 aliphatic heterocycles. The smallest absolute Gasteiger partial charge is 0.248 e. The van der Waals surface area contributed by atoms with Gasteiger partial charge >= 0.3 is 0 Å². The van der Waals surface area contributed by atoms with E-state index in [0.29, 0.717) is 16.9 Å². The summed E-state index contributed by atoms with van der Waals surface area (Å²) in [7, 11) is 0. The molecule has 0 bridgehead atoms. The van der Waals surface area contributed by atoms with Gasteiger partial charge in [-0.2, -0.15) is 0 Å². The molecule has 1 unspecified atom stereocenters. The molecule has 1 rings (SSSR count). The summed E-state index contributed by atoms with van der Waals surface area (Å²) in [4.78, 5) is 10.9. The van der Waals surface area contributed by atoms with Crippen LogP contribution in [0.3, 0.4) is 0 Å². The van der Waals surface area contributed by atoms with Crippen LogP contribution in [-0.2, 0) is 0 Å². The first-order valence-electron chi connectivity index (χ1n) is 5.12. The Balaban J connectivity index is 2.77. The van der Waals surface area contributed by atoms with E-state index in [9.17, 15) is 9.90 Å². The van der Waals surface area contributed by atoms with Crippen LogP contribution in [0.25, 0.3) is 0 Å². The van der Waals surface area contributed by atoms with Gasteiger partial charge in [0.05, 0.1) is 18.0 Å². The Morgan fingerprint density at radius 1 is 1.53 bits per heavy atom. The maximum atomic E-state index is 10.9. The van der Waals surface area contributed by atoms with E-state index in [-0.39, 0.29) is 13.2 Å². The summed E-state index contributed by atoms with van der Waals surface area (Å²) < 4.78 is 0. The van der Waals surface area contributed by atoms with Gasteiger partial charge in [-0.1, -0.05) is 0 Å². The Morgan fingerprint density at radius 3 is 2.65 bits per heavy atom. The van der Waals surface area contributed by atoms with Crippen molar-refractivity contribution in [1.82, 2.24) is 0 Å². The van der Waals surface area contributed by atoms with E-state index in [1.807, 2.05) is 0 Å². The van der Waals surface area contributed by atoms with Crippen LogP contribution in [-0.4, -0.2) is 34.9 Å². The molecule has 0 aliphatic carbocycles. The number of benzene rings is 1. The monoisotopic (exact) mass is 239 g/mol. The molecular formula is C11H17N3O3. The highest BCUT2D eigenvalue weighted by Gasteiger charge is 2.18. The van der Waals surface area contributed by atoms with Crippen LogP contribution in [0.15, 0.2) is 18.2 Å². The van der Waals surface area contributed by atoms with Gasteiger partial charge in [0, 0.05) is 12.1 Å². The first-order valence-corrected chi connectivity index (χ1v) is 5.12. The number of nitrogens with two attached hydrogens (primary N) is 2. The number of primary amides is 1. The van der Waals surface area contributed by atoms with Gasteiger partial charge in [0.25, 0.3) is 0 Å². The third-order valence-electron chi connectivity index (χ3n) is 2.34. The second-order valence-electron chi connectivity index (χ2n) is 4.17. The average molecular weight is 239 g/mol. The summed E-state index contributed by atoms with van der Waals surface area (Å²) in [5.41, 5.74) is 10.8. The van der Waals surface area contributed by atoms with E-state index in [0.717, 1.165) is 0 Å². The van der Waals surface area contributed by atoms with Gasteiger partial charge in [0.2, 0.25) is 5.91 Å². The maximum absolute atomic E-state index is 10.9. The Bertz CT molecular complexity index is 418. The van der Waals surface area contributed by atoms with E-state index >= 15 is 0 Å². The predicted octanol–water partition coefficient (Wildman–Crippen LogP) is -0.477. The summed E-state index contributed by atoms with van der Waals surface area (Å²) >= 11 is 0. The van der Waals surface area contributed by atoms with E-state index in [1.54, 1.807) is 6.07 Å². The second kappa shape index (κ2) is 5.03. The van der Waals surface area contributed by atoms with Crippen molar-refractivity contribution in [3.8, 4) is 0 Å². The first kappa shape index (κ1) is 13.3. The van der Waals surface area contributed by atoms with Crippen molar-refractivity contribution in [1.29, 1.82) is 0 Å². The summed E-state index contributed by atoms with van der Waals surface area (Å²) in [6.07, 6.45) is 0. The molecule has 17 heavy (non-hydrogen) atoms. The first-order chi connectivity index (χ1) is 7.85. The van der Waals surface area contributed by atoms with Crippen molar-refractivity contribution in [2.24, 2.45) is 5.73 Å². The minimum absolute atomic E-state index is 0.142. The maximum Gasteiger partial charge on any atom is 0.248 e. The fraction of sp³-hybridized carbons (Fsp3) is 0.364. The standard InChI is InChI=1S/C11H17N3O3/c1-11(17,6-15)5-14-9-3-2-7(10(13)16)4-8(9)12/h2-4,14-15,17H,5-6,12H2,1H3,(H2,13,16). The van der Waals surface area contributed by atoms with Gasteiger partial charge in [0.1, 0.15) is 5.60 Å². The molecule has 7 N–H and O–H groups in total. The number of anilines is 2. The van der Waals surface area contributed by atoms with Crippen LogP contribution < -0.4 is 16.8 Å². The quantitative estimate of drug-likeness (QED) is 0.444. The number of hydrogen-bond acceptors (Lipinski definition) is 5. The highest BCUT2D eigenvalue weighted by molar-refractivity contribution is 5.94. The largest absolute Gasteiger partial charge is 0.397 e. The highest BCUT2D eigenvalue weighted by Crippen LogP contribution is 2.20. The van der Waals surface area contributed by atoms with Crippen LogP contribution in [0.1, 0.15) is 17.3 Å². The molecule has 0 spiro atoms. The van der Waals surface area contributed by atoms with Gasteiger partial charge in [-0.05, 0) is 25.1 Å². The van der Waals surface area contributed by atoms with Crippen molar-refractivity contribution >= 4 is 17.3 Å². The number of nitrogens with one attached hydrogen (secondary N) is 1. The lowest BCUT2D eigenvalue weighted by atomic mass is 10.1. The molecule has 0 saturated heterocycles. The molecule has 0 saturated carbocycles. The van der Waals surface area contributed by atoms with E-state index in [4.69, 9.17) is 16.6 Å². The molecule has 6 nitrogen and oxygen atoms in total. The number of hydrogen-bond donors (Lipinski definition) is 5. The van der Waals surface area contributed by atoms with Crippen LogP contribution in [0.2, 0.25) is 0 Å². The van der Waals surface area contributed by atoms with Gasteiger partial charge in [-0.3, -0.25) is 4.79 Å². The normalized spacial score (nSPS) is 14.1. The molecule has 1 amide bonds. The number of carbonyl (C=O) groups is 1. The van der Waals surface area contributed by atoms with Crippen molar-refractivity contribution in [2.45, 2.75) is 12.5 Å². The van der Waals surface area contributed by atoms with Gasteiger partial charge in [-0.15, -0.1) is 0 Å². The number of carbonyl (C=O) groups excluding carboxylic acids is 1. The minimum Gasteiger partial charge on any atom is -0.397 e. The van der Waals surface area contributed by atoms with Gasteiger partial charge in [-0.25, -0.2) is 0 Å². The van der Waals surface area contributed by atoms with E-state index in [1.165, 1.54) is 19.1 Å². The third kappa shape index (κ3) is 3.61. The molecule has 0 aliphatic rings. The van der Waals surface area contributed by atoms with Crippen LogP contribution in [0.4, 0.5) is 11.4 Å². The number of amides is 1. The molecule has 6 heteroatoms. The second-order valence-corrected chi connectivity index (χ2v) is 4.17. The molecule has 1 aromatic rings. The minimum atomic E-state index is -1.23. The fourth-order valence-corrected chi connectivity index (χ4v) is 1.22. The number of rotatable bonds is 5. The Morgan fingerprint density at radius 2 is 2.18 bits per heavy atom. The van der Waals surface area contributed by atoms with Crippen LogP contribution in [0, 0.1) is 0 Å². The molecule has 0 heterocycles. The van der Waals surface area contributed by atoms with Gasteiger partial charge in [0.15, 0.2) is 0 Å². The zero-order valence-electron chi connectivity index (χ0n) is 9.60. The highest BCUT2D eigenvalue weighted by atomic mass is 16.3. The molecule has 1 aromatic carbocycles. The predicted molar refractivity (Wildman–Crippen MR) is 65.6 cm³/mol. The summed E-state index contributed by atoms with van der Waals surface area (Å²) in [5.74, 6) is -0.550. The number of aliphatic hydroxyl groups is 2. The molecule has 0 radical (unpaired) electrons. The molecule has 1 atom stereocenters. The lowest BCUT2D eigenvalue weighted by Crippen LogP contribution is -2.37. The Kier molecular flexibility index (Phi) is 3.93. The Labute approximate surface area is 99.2 Å². The Hall–Kier alpha value is -1.79. The van der Waals surface area contributed by atoms with E-state index < -0.39 is 11.5 Å². The lowest BCUT2D eigenvalue weighted by molar-refractivity contribution is 0.0132. The SMILES string of the molecule is CC(O)(CO)CNc1ccc(C(N)=O)cc1N. The number of aliphatic hydroxyl groups excluding tert-OH is 1. The number of nitrogen functional groups attached to an aromatic ring is 1. The van der Waals surface area contributed by atoms with Crippen LogP contribution in [0.5, 0.6) is 0 Å². The summed E-state index contributed by atoms with van der Waals surface area (Å²) in [6.45, 7) is 1.27. The molecule has 0 aromatic heterocycles. The third-order valence-corrected chi connectivity index (χ3v) is 2.34. The van der Waals surface area contributed by atoms with Crippen molar-refractivity contribution in [3.63, 3.8) is 0 Å². The summed E-state index contributed by atoms with van der Waals surface area (Å²) in [5, 5.41) is 21.3. The van der Waals surface area contributed by atoms with E-state index in [2.05, 4.69) is 5.32 Å². The lowest BCUT2D eigenvalue weighted by Gasteiger charge is -2.22. The summed E-state index contributed by atoms with van der Waals surface area (Å²) in [6, 6.07) is 4.59. The zero-order valence-corrected chi connectivity index (χ0v) is 9.60. The zero-order chi connectivity index (χ0) is 13.1.